The van der Waals surface area contributed by atoms with E-state index in [2.05, 4.69) is 11.4 Å². The Morgan fingerprint density at radius 3 is 2.52 bits per heavy atom. The van der Waals surface area contributed by atoms with Crippen molar-refractivity contribution in [3.63, 3.8) is 0 Å². The number of benzene rings is 1. The Hall–Kier alpha value is -3.03. The van der Waals surface area contributed by atoms with Crippen LogP contribution in [0, 0.1) is 22.7 Å². The van der Waals surface area contributed by atoms with Gasteiger partial charge < -0.3 is 25.3 Å². The number of rotatable bonds is 2. The van der Waals surface area contributed by atoms with Gasteiger partial charge in [-0.15, -0.1) is 0 Å². The number of ether oxygens (including phenoxy) is 3. The fraction of sp³-hybridized carbons (Fsp3) is 0.200. The molecule has 0 spiro atoms. The maximum Gasteiger partial charge on any atom is 0.231 e. The van der Waals surface area contributed by atoms with Gasteiger partial charge in [0.15, 0.2) is 11.5 Å². The van der Waals surface area contributed by atoms with Crippen LogP contribution in [0.1, 0.15) is 11.5 Å². The Morgan fingerprint density at radius 1 is 1.26 bits per heavy atom. The molecule has 2 aliphatic rings. The molecular weight excluding hydrogens is 320 g/mol. The minimum Gasteiger partial charge on any atom is -0.482 e. The third-order valence-electron chi connectivity index (χ3n) is 3.61. The summed E-state index contributed by atoms with van der Waals surface area (Å²) in [4.78, 5) is 0. The zero-order chi connectivity index (χ0) is 16.6. The maximum absolute atomic E-state index is 9.51. The first-order chi connectivity index (χ1) is 11.1. The van der Waals surface area contributed by atoms with Crippen molar-refractivity contribution in [2.75, 3.05) is 13.9 Å². The van der Waals surface area contributed by atoms with Crippen LogP contribution in [0.2, 0.25) is 5.02 Å². The number of nitrogens with zero attached hydrogens (tertiary/aromatic N) is 2. The third-order valence-corrected chi connectivity index (χ3v) is 3.94. The van der Waals surface area contributed by atoms with Crippen LogP contribution in [0.15, 0.2) is 35.0 Å². The summed E-state index contributed by atoms with van der Waals surface area (Å²) in [6.45, 7) is 0.0920. The van der Waals surface area contributed by atoms with Crippen LogP contribution >= 0.6 is 11.6 Å². The van der Waals surface area contributed by atoms with E-state index < -0.39 is 5.92 Å². The van der Waals surface area contributed by atoms with Crippen molar-refractivity contribution in [1.82, 2.24) is 5.32 Å². The van der Waals surface area contributed by atoms with Crippen LogP contribution < -0.4 is 20.5 Å². The number of dihydropyridines is 1. The molecular formula is C15H11ClN4O3. The largest absolute Gasteiger partial charge is 0.482 e. The summed E-state index contributed by atoms with van der Waals surface area (Å²) < 4.78 is 15.8. The first kappa shape index (κ1) is 14.9. The van der Waals surface area contributed by atoms with E-state index in [4.69, 9.17) is 31.5 Å². The predicted molar refractivity (Wildman–Crippen MR) is 79.9 cm³/mol. The van der Waals surface area contributed by atoms with Crippen molar-refractivity contribution in [1.29, 1.82) is 10.5 Å². The number of hydrogen-bond donors (Lipinski definition) is 2. The number of methoxy groups -OCH3 is 1. The smallest absolute Gasteiger partial charge is 0.231 e. The molecule has 8 heteroatoms. The molecule has 1 atom stereocenters. The van der Waals surface area contributed by atoms with E-state index in [1.54, 1.807) is 12.1 Å². The first-order valence-electron chi connectivity index (χ1n) is 6.54. The van der Waals surface area contributed by atoms with E-state index in [-0.39, 0.29) is 29.6 Å². The number of hydrogen-bond acceptors (Lipinski definition) is 7. The zero-order valence-electron chi connectivity index (χ0n) is 12.0. The molecule has 3 N–H and O–H groups in total. The third kappa shape index (κ3) is 2.28. The fourth-order valence-corrected chi connectivity index (χ4v) is 2.82. The van der Waals surface area contributed by atoms with Crippen molar-refractivity contribution >= 4 is 11.6 Å². The number of fused-ring (bicyclic) bond motifs is 1. The van der Waals surface area contributed by atoms with Gasteiger partial charge in [0.05, 0.1) is 24.7 Å². The summed E-state index contributed by atoms with van der Waals surface area (Å²) in [6.07, 6.45) is 0. The molecule has 0 unspecified atom stereocenters. The number of nitrogens with two attached hydrogens (primary N) is 1. The van der Waals surface area contributed by atoms with E-state index in [9.17, 15) is 10.5 Å². The average Bonchev–Trinajstić information content (AvgIpc) is 3.00. The topological polar surface area (TPSA) is 113 Å². The Labute approximate surface area is 137 Å². The van der Waals surface area contributed by atoms with Gasteiger partial charge in [-0.05, 0) is 11.6 Å². The minimum absolute atomic E-state index is 0.0920. The van der Waals surface area contributed by atoms with Crippen LogP contribution in [0.25, 0.3) is 0 Å². The summed E-state index contributed by atoms with van der Waals surface area (Å²) in [7, 11) is 1.41. The molecule has 0 fully saturated rings. The highest BCUT2D eigenvalue weighted by molar-refractivity contribution is 6.31. The molecule has 2 aliphatic heterocycles. The van der Waals surface area contributed by atoms with Gasteiger partial charge >= 0.3 is 0 Å². The summed E-state index contributed by atoms with van der Waals surface area (Å²) in [6, 6.07) is 7.32. The predicted octanol–water partition coefficient (Wildman–Crippen LogP) is 1.83. The molecule has 116 valence electrons. The van der Waals surface area contributed by atoms with E-state index in [0.717, 1.165) is 0 Å². The van der Waals surface area contributed by atoms with Crippen molar-refractivity contribution in [3.8, 4) is 23.6 Å². The fourth-order valence-electron chi connectivity index (χ4n) is 2.55. The van der Waals surface area contributed by atoms with E-state index >= 15 is 0 Å². The van der Waals surface area contributed by atoms with Crippen LogP contribution in [0.3, 0.4) is 0 Å². The Kier molecular flexibility index (Phi) is 3.65. The summed E-state index contributed by atoms with van der Waals surface area (Å²) >= 11 is 6.32. The summed E-state index contributed by atoms with van der Waals surface area (Å²) in [5, 5.41) is 22.0. The van der Waals surface area contributed by atoms with Gasteiger partial charge in [-0.3, -0.25) is 0 Å². The average molecular weight is 331 g/mol. The quantitative estimate of drug-likeness (QED) is 0.850. The summed E-state index contributed by atoms with van der Waals surface area (Å²) in [5.74, 6) is 0.556. The van der Waals surface area contributed by atoms with Gasteiger partial charge in [0.1, 0.15) is 17.5 Å². The van der Waals surface area contributed by atoms with Gasteiger partial charge in [-0.1, -0.05) is 11.6 Å². The van der Waals surface area contributed by atoms with E-state index in [1.165, 1.54) is 7.11 Å². The molecule has 0 saturated carbocycles. The minimum atomic E-state index is -0.747. The van der Waals surface area contributed by atoms with Gasteiger partial charge in [-0.2, -0.15) is 10.5 Å². The first-order valence-corrected chi connectivity index (χ1v) is 6.92. The van der Waals surface area contributed by atoms with Crippen LogP contribution in [-0.2, 0) is 4.74 Å². The molecule has 0 aliphatic carbocycles. The number of nitriles is 2. The number of nitrogens with one attached hydrogen (secondary N) is 1. The normalized spacial score (nSPS) is 19.0. The second kappa shape index (κ2) is 5.64. The highest BCUT2D eigenvalue weighted by atomic mass is 35.5. The lowest BCUT2D eigenvalue weighted by molar-refractivity contribution is 0.174. The highest BCUT2D eigenvalue weighted by Crippen LogP contribution is 2.45. The molecule has 0 bridgehead atoms. The van der Waals surface area contributed by atoms with Crippen molar-refractivity contribution < 1.29 is 14.2 Å². The second-order valence-corrected chi connectivity index (χ2v) is 5.19. The molecule has 2 heterocycles. The SMILES string of the molecule is COC1=C(C#N)[C@@H](c2cc3c(cc2Cl)OCO3)C(C#N)=C(N)N1. The lowest BCUT2D eigenvalue weighted by Gasteiger charge is -2.26. The van der Waals surface area contributed by atoms with Crippen molar-refractivity contribution in [2.24, 2.45) is 5.73 Å². The van der Waals surface area contributed by atoms with E-state index in [0.29, 0.717) is 22.1 Å². The van der Waals surface area contributed by atoms with Gasteiger partial charge in [0, 0.05) is 11.1 Å². The van der Waals surface area contributed by atoms with Crippen LogP contribution in [-0.4, -0.2) is 13.9 Å². The maximum atomic E-state index is 9.51. The van der Waals surface area contributed by atoms with Crippen LogP contribution in [0.5, 0.6) is 11.5 Å². The van der Waals surface area contributed by atoms with E-state index in [1.807, 2.05) is 6.07 Å². The van der Waals surface area contributed by atoms with Gasteiger partial charge in [-0.25, -0.2) is 0 Å². The molecule has 0 saturated heterocycles. The number of halogens is 1. The Balaban J connectivity index is 2.23. The molecule has 3 rings (SSSR count). The molecule has 1 aromatic carbocycles. The lowest BCUT2D eigenvalue weighted by atomic mass is 9.83. The second-order valence-electron chi connectivity index (χ2n) is 4.78. The summed E-state index contributed by atoms with van der Waals surface area (Å²) in [5.41, 5.74) is 6.79. The Morgan fingerprint density at radius 2 is 1.91 bits per heavy atom. The molecule has 0 aromatic heterocycles. The van der Waals surface area contributed by atoms with Gasteiger partial charge in [0.2, 0.25) is 12.7 Å². The monoisotopic (exact) mass is 330 g/mol. The van der Waals surface area contributed by atoms with Crippen LogP contribution in [0.4, 0.5) is 0 Å². The molecule has 0 amide bonds. The van der Waals surface area contributed by atoms with Crippen molar-refractivity contribution in [2.45, 2.75) is 5.92 Å². The zero-order valence-corrected chi connectivity index (χ0v) is 12.8. The van der Waals surface area contributed by atoms with Crippen molar-refractivity contribution in [3.05, 3.63) is 45.6 Å². The van der Waals surface area contributed by atoms with Gasteiger partial charge in [0.25, 0.3) is 0 Å². The lowest BCUT2D eigenvalue weighted by Crippen LogP contribution is -2.31. The molecule has 1 aromatic rings. The highest BCUT2D eigenvalue weighted by Gasteiger charge is 2.34. The Bertz CT molecular complexity index is 832. The number of allylic oxidation sites excluding steroid dienone is 2. The molecule has 0 radical (unpaired) electrons. The standard InChI is InChI=1S/C15H11ClN4O3/c1-21-15-9(5-18)13(8(4-17)14(19)20-15)7-2-11-12(3-10(7)16)23-6-22-11/h2-3,13,20H,6,19H2,1H3/t13-/m0/s1. The molecule has 7 nitrogen and oxygen atoms in total. The molecule has 23 heavy (non-hydrogen) atoms.